The number of rotatable bonds is 10. The summed E-state index contributed by atoms with van der Waals surface area (Å²) in [6.45, 7) is 10.3. The van der Waals surface area contributed by atoms with Crippen LogP contribution in [0.5, 0.6) is 0 Å². The molecule has 2 aromatic heterocycles. The topological polar surface area (TPSA) is 103 Å². The van der Waals surface area contributed by atoms with Crippen LogP contribution in [0.25, 0.3) is 5.82 Å². The molecule has 2 aromatic carbocycles. The lowest BCUT2D eigenvalue weighted by Gasteiger charge is -2.34. The van der Waals surface area contributed by atoms with Crippen LogP contribution in [-0.2, 0) is 6.54 Å². The molecule has 1 saturated carbocycles. The molecule has 4 aromatic rings. The number of anilines is 4. The largest absolute Gasteiger partial charge is 0.367 e. The minimum Gasteiger partial charge on any atom is -0.367 e. The molecule has 11 heteroatoms. The number of hydrogen-bond acceptors (Lipinski definition) is 8. The summed E-state index contributed by atoms with van der Waals surface area (Å²) in [5, 5.41) is 10.4. The summed E-state index contributed by atoms with van der Waals surface area (Å²) < 4.78 is 1.87. The molecule has 0 bridgehead atoms. The van der Waals surface area contributed by atoms with Crippen LogP contribution in [0, 0.1) is 6.92 Å². The Morgan fingerprint density at radius 1 is 1.00 bits per heavy atom. The van der Waals surface area contributed by atoms with Crippen LogP contribution in [0.2, 0.25) is 5.02 Å². The van der Waals surface area contributed by atoms with Crippen LogP contribution in [0.3, 0.4) is 0 Å². The summed E-state index contributed by atoms with van der Waals surface area (Å²) in [5.74, 6) is 1.90. The normalized spacial score (nSPS) is 15.9. The van der Waals surface area contributed by atoms with Gasteiger partial charge >= 0.3 is 0 Å². The summed E-state index contributed by atoms with van der Waals surface area (Å²) in [6, 6.07) is 13.7. The average molecular weight is 586 g/mol. The maximum absolute atomic E-state index is 13.2. The fourth-order valence-electron chi connectivity index (χ4n) is 5.05. The lowest BCUT2D eigenvalue weighted by atomic mass is 10.1. The lowest BCUT2D eigenvalue weighted by Crippen LogP contribution is -2.45. The Labute approximate surface area is 251 Å². The highest BCUT2D eigenvalue weighted by atomic mass is 35.5. The van der Waals surface area contributed by atoms with E-state index in [4.69, 9.17) is 11.6 Å². The van der Waals surface area contributed by atoms with Crippen molar-refractivity contribution in [3.63, 3.8) is 0 Å². The third-order valence-electron chi connectivity index (χ3n) is 7.83. The maximum Gasteiger partial charge on any atom is 0.255 e. The molecule has 1 amide bonds. The zero-order valence-electron chi connectivity index (χ0n) is 24.0. The van der Waals surface area contributed by atoms with Gasteiger partial charge in [0.2, 0.25) is 5.95 Å². The minimum absolute atomic E-state index is 0.215. The van der Waals surface area contributed by atoms with Crippen molar-refractivity contribution in [3.8, 4) is 5.82 Å². The van der Waals surface area contributed by atoms with Crippen LogP contribution in [0.15, 0.2) is 61.2 Å². The fraction of sp³-hybridized carbons (Fsp3) is 0.355. The van der Waals surface area contributed by atoms with Crippen LogP contribution in [0.1, 0.15) is 41.3 Å². The average Bonchev–Trinajstić information content (AvgIpc) is 3.69. The molecular weight excluding hydrogens is 550 g/mol. The van der Waals surface area contributed by atoms with Gasteiger partial charge in [0.25, 0.3) is 5.91 Å². The first-order valence-electron chi connectivity index (χ1n) is 14.5. The molecule has 1 aliphatic carbocycles. The van der Waals surface area contributed by atoms with Crippen LogP contribution in [0.4, 0.5) is 23.1 Å². The van der Waals surface area contributed by atoms with Gasteiger partial charge in [-0.15, -0.1) is 0 Å². The van der Waals surface area contributed by atoms with Crippen molar-refractivity contribution in [1.29, 1.82) is 0 Å². The van der Waals surface area contributed by atoms with E-state index >= 15 is 0 Å². The number of carbonyl (C=O) groups excluding carboxylic acids is 1. The number of aryl methyl sites for hydroxylation is 1. The van der Waals surface area contributed by atoms with Crippen molar-refractivity contribution in [1.82, 2.24) is 29.3 Å². The van der Waals surface area contributed by atoms with Gasteiger partial charge in [-0.3, -0.25) is 14.3 Å². The second-order valence-corrected chi connectivity index (χ2v) is 11.3. The molecule has 3 N–H and O–H groups in total. The van der Waals surface area contributed by atoms with Crippen LogP contribution >= 0.6 is 11.6 Å². The number of imidazole rings is 1. The van der Waals surface area contributed by atoms with Crippen molar-refractivity contribution in [3.05, 3.63) is 82.9 Å². The number of nitrogens with one attached hydrogen (secondary N) is 3. The standard InChI is InChI=1S/C31H36ClN9O/c1-3-39-12-14-40(15-13-39)19-23-6-5-22(16-26(23)32)30(42)37-25-7-4-21(2)27(17-25)38-31-33-10-11-41(31)29-18-28(34-20-35-29)36-24-8-9-24/h4-7,10-11,16-18,20,24H,3,8-9,12-15,19H2,1-2H3,(H,33,38)(H,37,42)(H,34,35,36). The van der Waals surface area contributed by atoms with Gasteiger partial charge in [-0.2, -0.15) is 0 Å². The van der Waals surface area contributed by atoms with Gasteiger partial charge in [-0.1, -0.05) is 30.7 Å². The SMILES string of the molecule is CCN1CCN(Cc2ccc(C(=O)Nc3ccc(C)c(Nc4nccn4-c4cc(NC5CC5)ncn4)c3)cc2Cl)CC1. The van der Waals surface area contributed by atoms with Gasteiger partial charge in [0, 0.05) is 79.2 Å². The summed E-state index contributed by atoms with van der Waals surface area (Å²) in [7, 11) is 0. The second-order valence-electron chi connectivity index (χ2n) is 10.9. The smallest absolute Gasteiger partial charge is 0.255 e. The first-order chi connectivity index (χ1) is 20.4. The lowest BCUT2D eigenvalue weighted by molar-refractivity contribution is 0.102. The van der Waals surface area contributed by atoms with Crippen LogP contribution < -0.4 is 16.0 Å². The van der Waals surface area contributed by atoms with Crippen LogP contribution in [-0.4, -0.2) is 74.0 Å². The molecule has 0 unspecified atom stereocenters. The Balaban J connectivity index is 1.12. The molecule has 2 aliphatic rings. The molecular formula is C31H36ClN9O. The first-order valence-corrected chi connectivity index (χ1v) is 14.9. The molecule has 0 atom stereocenters. The first kappa shape index (κ1) is 28.1. The molecule has 0 spiro atoms. The summed E-state index contributed by atoms with van der Waals surface area (Å²) in [6.07, 6.45) is 7.46. The molecule has 218 valence electrons. The number of nitrogens with zero attached hydrogens (tertiary/aromatic N) is 6. The number of carbonyl (C=O) groups is 1. The summed E-state index contributed by atoms with van der Waals surface area (Å²) in [5.41, 5.74) is 4.05. The number of aromatic nitrogens is 4. The molecule has 1 saturated heterocycles. The van der Waals surface area contributed by atoms with E-state index in [1.165, 1.54) is 12.8 Å². The number of benzene rings is 2. The molecule has 3 heterocycles. The van der Waals surface area contributed by atoms with Crippen molar-refractivity contribution in [2.45, 2.75) is 39.3 Å². The summed E-state index contributed by atoms with van der Waals surface area (Å²) >= 11 is 6.63. The van der Waals surface area contributed by atoms with E-state index in [0.29, 0.717) is 34.1 Å². The van der Waals surface area contributed by atoms with Crippen molar-refractivity contribution < 1.29 is 4.79 Å². The molecule has 10 nitrogen and oxygen atoms in total. The maximum atomic E-state index is 13.2. The third kappa shape index (κ3) is 6.73. The van der Waals surface area contributed by atoms with Crippen molar-refractivity contribution in [2.75, 3.05) is 48.7 Å². The quantitative estimate of drug-likeness (QED) is 0.229. The molecule has 1 aliphatic heterocycles. The minimum atomic E-state index is -0.215. The molecule has 2 fully saturated rings. The second kappa shape index (κ2) is 12.5. The van der Waals surface area contributed by atoms with Gasteiger partial charge in [0.15, 0.2) is 0 Å². The highest BCUT2D eigenvalue weighted by Gasteiger charge is 2.22. The molecule has 42 heavy (non-hydrogen) atoms. The number of amides is 1. The number of hydrogen-bond donors (Lipinski definition) is 3. The Bertz CT molecular complexity index is 1560. The highest BCUT2D eigenvalue weighted by molar-refractivity contribution is 6.31. The van der Waals surface area contributed by atoms with Gasteiger partial charge in [0.05, 0.1) is 0 Å². The zero-order valence-corrected chi connectivity index (χ0v) is 24.7. The predicted molar refractivity (Wildman–Crippen MR) is 167 cm³/mol. The van der Waals surface area contributed by atoms with E-state index in [-0.39, 0.29) is 5.91 Å². The number of likely N-dealkylation sites (N-methyl/N-ethyl adjacent to an activating group) is 1. The Morgan fingerprint density at radius 3 is 2.57 bits per heavy atom. The molecule has 0 radical (unpaired) electrons. The Morgan fingerprint density at radius 2 is 1.81 bits per heavy atom. The van der Waals surface area contributed by atoms with Crippen molar-refractivity contribution in [2.24, 2.45) is 0 Å². The van der Waals surface area contributed by atoms with Gasteiger partial charge < -0.3 is 20.9 Å². The highest BCUT2D eigenvalue weighted by Crippen LogP contribution is 2.28. The number of halogens is 1. The Kier molecular flexibility index (Phi) is 8.36. The zero-order chi connectivity index (χ0) is 29.1. The summed E-state index contributed by atoms with van der Waals surface area (Å²) in [4.78, 5) is 31.3. The number of piperazine rings is 1. The van der Waals surface area contributed by atoms with Gasteiger partial charge in [-0.25, -0.2) is 15.0 Å². The van der Waals surface area contributed by atoms with Crippen molar-refractivity contribution >= 4 is 40.6 Å². The van der Waals surface area contributed by atoms with E-state index in [1.807, 2.05) is 54.1 Å². The van der Waals surface area contributed by atoms with E-state index in [2.05, 4.69) is 47.6 Å². The van der Waals surface area contributed by atoms with E-state index in [1.54, 1.807) is 18.6 Å². The van der Waals surface area contributed by atoms with E-state index in [0.717, 1.165) is 61.9 Å². The third-order valence-corrected chi connectivity index (χ3v) is 8.18. The van der Waals surface area contributed by atoms with Gasteiger partial charge in [-0.05, 0) is 61.7 Å². The molecule has 6 rings (SSSR count). The monoisotopic (exact) mass is 585 g/mol. The van der Waals surface area contributed by atoms with E-state index in [9.17, 15) is 4.79 Å². The Hall–Kier alpha value is -3.99. The predicted octanol–water partition coefficient (Wildman–Crippen LogP) is 5.33. The van der Waals surface area contributed by atoms with Gasteiger partial charge in [0.1, 0.15) is 18.0 Å². The fourth-order valence-corrected chi connectivity index (χ4v) is 5.30. The van der Waals surface area contributed by atoms with E-state index < -0.39 is 0 Å².